The molecule has 2 heteroatoms. The average Bonchev–Trinajstić information content (AvgIpc) is 2.80. The fourth-order valence-corrected chi connectivity index (χ4v) is 2.05. The van der Waals surface area contributed by atoms with Crippen molar-refractivity contribution >= 4 is 5.78 Å². The van der Waals surface area contributed by atoms with Gasteiger partial charge in [-0.15, -0.1) is 0 Å². The van der Waals surface area contributed by atoms with Crippen molar-refractivity contribution in [1.29, 1.82) is 0 Å². The number of benzene rings is 1. The van der Waals surface area contributed by atoms with Crippen LogP contribution in [0.3, 0.4) is 0 Å². The van der Waals surface area contributed by atoms with Gasteiger partial charge in [0.25, 0.3) is 0 Å². The van der Waals surface area contributed by atoms with E-state index in [1.165, 1.54) is 0 Å². The van der Waals surface area contributed by atoms with Crippen LogP contribution in [0.2, 0.25) is 0 Å². The maximum absolute atomic E-state index is 12.3. The van der Waals surface area contributed by atoms with Gasteiger partial charge in [-0.05, 0) is 23.1 Å². The largest absolute Gasteiger partial charge is 0.469 e. The third kappa shape index (κ3) is 2.70. The Hall–Kier alpha value is -1.83. The highest BCUT2D eigenvalue weighted by Crippen LogP contribution is 2.26. The van der Waals surface area contributed by atoms with Gasteiger partial charge in [0.1, 0.15) is 5.76 Å². The highest BCUT2D eigenvalue weighted by molar-refractivity contribution is 5.98. The SMILES string of the molecule is CC(C)(C)c1ccccc1C(=O)Cc1ccco1. The first-order valence-electron chi connectivity index (χ1n) is 6.13. The average molecular weight is 242 g/mol. The van der Waals surface area contributed by atoms with E-state index in [1.807, 2.05) is 30.3 Å². The number of carbonyl (C=O) groups excluding carboxylic acids is 1. The fraction of sp³-hybridized carbons (Fsp3) is 0.312. The molecule has 0 unspecified atom stereocenters. The van der Waals surface area contributed by atoms with E-state index in [4.69, 9.17) is 4.42 Å². The Labute approximate surface area is 108 Å². The van der Waals surface area contributed by atoms with Crippen LogP contribution in [0.4, 0.5) is 0 Å². The molecule has 94 valence electrons. The van der Waals surface area contributed by atoms with Gasteiger partial charge >= 0.3 is 0 Å². The molecule has 0 fully saturated rings. The van der Waals surface area contributed by atoms with Crippen molar-refractivity contribution in [3.05, 3.63) is 59.5 Å². The number of rotatable bonds is 3. The molecule has 0 aliphatic rings. The van der Waals surface area contributed by atoms with Crippen LogP contribution >= 0.6 is 0 Å². The molecular formula is C16H18O2. The van der Waals surface area contributed by atoms with Gasteiger partial charge in [-0.25, -0.2) is 0 Å². The van der Waals surface area contributed by atoms with E-state index in [1.54, 1.807) is 12.3 Å². The number of furan rings is 1. The Bertz CT molecular complexity index is 530. The maximum atomic E-state index is 12.3. The molecule has 0 aliphatic heterocycles. The third-order valence-electron chi connectivity index (χ3n) is 2.95. The first kappa shape index (κ1) is 12.6. The molecule has 2 aromatic rings. The smallest absolute Gasteiger partial charge is 0.170 e. The first-order valence-corrected chi connectivity index (χ1v) is 6.13. The molecule has 0 spiro atoms. The predicted molar refractivity (Wildman–Crippen MR) is 71.9 cm³/mol. The summed E-state index contributed by atoms with van der Waals surface area (Å²) in [5.41, 5.74) is 1.85. The molecule has 1 aromatic heterocycles. The van der Waals surface area contributed by atoms with E-state index in [9.17, 15) is 4.79 Å². The molecule has 2 nitrogen and oxygen atoms in total. The van der Waals surface area contributed by atoms with Gasteiger partial charge in [-0.2, -0.15) is 0 Å². The molecule has 18 heavy (non-hydrogen) atoms. The lowest BCUT2D eigenvalue weighted by Crippen LogP contribution is -2.17. The van der Waals surface area contributed by atoms with Gasteiger partial charge in [-0.1, -0.05) is 45.0 Å². The van der Waals surface area contributed by atoms with Crippen LogP contribution in [-0.2, 0) is 11.8 Å². The van der Waals surface area contributed by atoms with Crippen molar-refractivity contribution in [3.8, 4) is 0 Å². The van der Waals surface area contributed by atoms with Crippen molar-refractivity contribution in [2.75, 3.05) is 0 Å². The summed E-state index contributed by atoms with van der Waals surface area (Å²) in [6.45, 7) is 6.35. The second-order valence-electron chi connectivity index (χ2n) is 5.47. The van der Waals surface area contributed by atoms with Gasteiger partial charge in [0.2, 0.25) is 0 Å². The molecule has 0 saturated carbocycles. The summed E-state index contributed by atoms with van der Waals surface area (Å²) in [6.07, 6.45) is 1.92. The zero-order valence-electron chi connectivity index (χ0n) is 11.1. The predicted octanol–water partition coefficient (Wildman–Crippen LogP) is 4.00. The quantitative estimate of drug-likeness (QED) is 0.761. The van der Waals surface area contributed by atoms with Crippen molar-refractivity contribution in [2.24, 2.45) is 0 Å². The number of ketones is 1. The van der Waals surface area contributed by atoms with E-state index < -0.39 is 0 Å². The lowest BCUT2D eigenvalue weighted by Gasteiger charge is -2.22. The minimum Gasteiger partial charge on any atom is -0.469 e. The van der Waals surface area contributed by atoms with Crippen LogP contribution in [0, 0.1) is 0 Å². The molecule has 0 N–H and O–H groups in total. The normalized spacial score (nSPS) is 11.5. The number of hydrogen-bond acceptors (Lipinski definition) is 2. The van der Waals surface area contributed by atoms with Crippen LogP contribution in [-0.4, -0.2) is 5.78 Å². The molecular weight excluding hydrogens is 224 g/mol. The summed E-state index contributed by atoms with van der Waals surface area (Å²) >= 11 is 0. The summed E-state index contributed by atoms with van der Waals surface area (Å²) in [5, 5.41) is 0. The lowest BCUT2D eigenvalue weighted by atomic mass is 9.82. The molecule has 2 rings (SSSR count). The molecule has 0 atom stereocenters. The molecule has 0 aliphatic carbocycles. The van der Waals surface area contributed by atoms with Crippen molar-refractivity contribution in [1.82, 2.24) is 0 Å². The minimum atomic E-state index is -0.0323. The van der Waals surface area contributed by atoms with Gasteiger partial charge in [0, 0.05) is 5.56 Å². The van der Waals surface area contributed by atoms with Gasteiger partial charge in [0.05, 0.1) is 12.7 Å². The van der Waals surface area contributed by atoms with E-state index in [0.717, 1.165) is 11.1 Å². The molecule has 1 aromatic carbocycles. The summed E-state index contributed by atoms with van der Waals surface area (Å²) in [4.78, 5) is 12.3. The van der Waals surface area contributed by atoms with Crippen molar-refractivity contribution < 1.29 is 9.21 Å². The second-order valence-corrected chi connectivity index (χ2v) is 5.47. The molecule has 1 heterocycles. The van der Waals surface area contributed by atoms with Gasteiger partial charge in [0.15, 0.2) is 5.78 Å². The molecule has 0 saturated heterocycles. The van der Waals surface area contributed by atoms with Crippen molar-refractivity contribution in [2.45, 2.75) is 32.6 Å². The number of hydrogen-bond donors (Lipinski definition) is 0. The second kappa shape index (κ2) is 4.81. The number of carbonyl (C=O) groups is 1. The number of Topliss-reactive ketones (excluding diaryl/α,β-unsaturated/α-hetero) is 1. The monoisotopic (exact) mass is 242 g/mol. The summed E-state index contributed by atoms with van der Waals surface area (Å²) in [5.74, 6) is 0.819. The summed E-state index contributed by atoms with van der Waals surface area (Å²) in [6, 6.07) is 11.4. The Morgan fingerprint density at radius 3 is 2.44 bits per heavy atom. The van der Waals surface area contributed by atoms with Crippen molar-refractivity contribution in [3.63, 3.8) is 0 Å². The highest BCUT2D eigenvalue weighted by atomic mass is 16.3. The van der Waals surface area contributed by atoms with E-state index >= 15 is 0 Å². The Morgan fingerprint density at radius 2 is 1.83 bits per heavy atom. The molecule has 0 amide bonds. The summed E-state index contributed by atoms with van der Waals surface area (Å²) < 4.78 is 5.23. The van der Waals surface area contributed by atoms with Gasteiger partial charge < -0.3 is 4.42 Å². The van der Waals surface area contributed by atoms with Crippen LogP contribution in [0.15, 0.2) is 47.1 Å². The van der Waals surface area contributed by atoms with Crippen LogP contribution < -0.4 is 0 Å². The summed E-state index contributed by atoms with van der Waals surface area (Å²) in [7, 11) is 0. The lowest BCUT2D eigenvalue weighted by molar-refractivity contribution is 0.0985. The fourth-order valence-electron chi connectivity index (χ4n) is 2.05. The topological polar surface area (TPSA) is 30.2 Å². The van der Waals surface area contributed by atoms with Crippen LogP contribution in [0.1, 0.15) is 42.5 Å². The first-order chi connectivity index (χ1) is 8.48. The zero-order valence-corrected chi connectivity index (χ0v) is 11.1. The standard InChI is InChI=1S/C16H18O2/c1-16(2,3)14-9-5-4-8-13(14)15(17)11-12-7-6-10-18-12/h4-10H,11H2,1-3H3. The Morgan fingerprint density at radius 1 is 1.11 bits per heavy atom. The highest BCUT2D eigenvalue weighted by Gasteiger charge is 2.21. The van der Waals surface area contributed by atoms with Crippen LogP contribution in [0.25, 0.3) is 0 Å². The van der Waals surface area contributed by atoms with Gasteiger partial charge in [-0.3, -0.25) is 4.79 Å². The zero-order chi connectivity index (χ0) is 13.2. The van der Waals surface area contributed by atoms with E-state index in [2.05, 4.69) is 20.8 Å². The molecule has 0 radical (unpaired) electrons. The van der Waals surface area contributed by atoms with E-state index in [0.29, 0.717) is 12.2 Å². The minimum absolute atomic E-state index is 0.0323. The Balaban J connectivity index is 2.31. The van der Waals surface area contributed by atoms with Crippen LogP contribution in [0.5, 0.6) is 0 Å². The van der Waals surface area contributed by atoms with E-state index in [-0.39, 0.29) is 11.2 Å². The third-order valence-corrected chi connectivity index (χ3v) is 2.95. The Kier molecular flexibility index (Phi) is 3.37. The molecule has 0 bridgehead atoms. The maximum Gasteiger partial charge on any atom is 0.170 e.